The normalized spacial score (nSPS) is 30.2. The second-order valence-corrected chi connectivity index (χ2v) is 5.77. The predicted octanol–water partition coefficient (Wildman–Crippen LogP) is 2.55. The molecular weight excluding hydrogens is 173 g/mol. The van der Waals surface area contributed by atoms with E-state index in [9.17, 15) is 0 Å². The van der Waals surface area contributed by atoms with E-state index < -0.39 is 0 Å². The standard InChI is InChI=1S/C11H22BNO/c1-11(2,3)12-13-8-5-4-6-10(13)7-9-14-12/h10H,4-9H2,1-3H3. The maximum atomic E-state index is 5.94. The first kappa shape index (κ1) is 10.5. The molecule has 0 bridgehead atoms. The zero-order valence-corrected chi connectivity index (χ0v) is 9.75. The molecule has 0 saturated carbocycles. The molecule has 2 fully saturated rings. The molecule has 0 aromatic carbocycles. The summed E-state index contributed by atoms with van der Waals surface area (Å²) in [6, 6.07) is 0.807. The maximum Gasteiger partial charge on any atom is 0.388 e. The van der Waals surface area contributed by atoms with Gasteiger partial charge in [0.1, 0.15) is 0 Å². The number of rotatable bonds is 0. The fourth-order valence-electron chi connectivity index (χ4n) is 2.80. The van der Waals surface area contributed by atoms with Gasteiger partial charge in [0.05, 0.1) is 0 Å². The van der Waals surface area contributed by atoms with Crippen molar-refractivity contribution in [3.8, 4) is 0 Å². The average molecular weight is 195 g/mol. The van der Waals surface area contributed by atoms with E-state index in [1.807, 2.05) is 0 Å². The van der Waals surface area contributed by atoms with Gasteiger partial charge in [-0.15, -0.1) is 0 Å². The zero-order chi connectivity index (χ0) is 10.2. The monoisotopic (exact) mass is 195 g/mol. The SMILES string of the molecule is CC(C)(C)B1OCCC2CCCCN12. The molecule has 14 heavy (non-hydrogen) atoms. The molecule has 0 aromatic heterocycles. The molecular formula is C11H22BNO. The van der Waals surface area contributed by atoms with Crippen LogP contribution in [-0.4, -0.2) is 31.1 Å². The van der Waals surface area contributed by atoms with Crippen LogP contribution >= 0.6 is 0 Å². The van der Waals surface area contributed by atoms with Gasteiger partial charge in [-0.2, -0.15) is 0 Å². The topological polar surface area (TPSA) is 12.5 Å². The Morgan fingerprint density at radius 3 is 2.71 bits per heavy atom. The molecule has 2 aliphatic rings. The molecule has 0 N–H and O–H groups in total. The summed E-state index contributed by atoms with van der Waals surface area (Å²) in [6.07, 6.45) is 5.40. The van der Waals surface area contributed by atoms with E-state index in [1.165, 1.54) is 32.2 Å². The van der Waals surface area contributed by atoms with Gasteiger partial charge in [0.25, 0.3) is 0 Å². The molecule has 3 heteroatoms. The van der Waals surface area contributed by atoms with Gasteiger partial charge in [-0.25, -0.2) is 0 Å². The minimum Gasteiger partial charge on any atom is -0.421 e. The van der Waals surface area contributed by atoms with Crippen molar-refractivity contribution < 1.29 is 4.65 Å². The van der Waals surface area contributed by atoms with Crippen LogP contribution in [0.3, 0.4) is 0 Å². The van der Waals surface area contributed by atoms with E-state index in [4.69, 9.17) is 4.65 Å². The van der Waals surface area contributed by atoms with Crippen molar-refractivity contribution >= 4 is 7.05 Å². The minimum absolute atomic E-state index is 0.260. The highest BCUT2D eigenvalue weighted by Gasteiger charge is 2.43. The van der Waals surface area contributed by atoms with Crippen LogP contribution in [0.1, 0.15) is 46.5 Å². The van der Waals surface area contributed by atoms with Gasteiger partial charge in [-0.05, 0) is 31.1 Å². The predicted molar refractivity (Wildman–Crippen MR) is 60.4 cm³/mol. The van der Waals surface area contributed by atoms with Crippen LogP contribution in [-0.2, 0) is 4.65 Å². The van der Waals surface area contributed by atoms with E-state index in [-0.39, 0.29) is 5.31 Å². The molecule has 2 aliphatic heterocycles. The van der Waals surface area contributed by atoms with E-state index in [2.05, 4.69) is 25.6 Å². The van der Waals surface area contributed by atoms with E-state index in [1.54, 1.807) is 0 Å². The summed E-state index contributed by atoms with van der Waals surface area (Å²) in [7, 11) is 0.349. The maximum absolute atomic E-state index is 5.94. The van der Waals surface area contributed by atoms with Crippen LogP contribution in [0.15, 0.2) is 0 Å². The van der Waals surface area contributed by atoms with Gasteiger partial charge in [-0.1, -0.05) is 27.2 Å². The van der Waals surface area contributed by atoms with E-state index >= 15 is 0 Å². The summed E-state index contributed by atoms with van der Waals surface area (Å²) in [5.41, 5.74) is 0. The van der Waals surface area contributed by atoms with Crippen LogP contribution in [0.4, 0.5) is 0 Å². The largest absolute Gasteiger partial charge is 0.421 e. The number of hydrogen-bond donors (Lipinski definition) is 0. The third kappa shape index (κ3) is 1.99. The Hall–Kier alpha value is -0.0151. The van der Waals surface area contributed by atoms with Crippen molar-refractivity contribution in [2.75, 3.05) is 13.2 Å². The summed E-state index contributed by atoms with van der Waals surface area (Å²) in [5, 5.41) is 0.260. The van der Waals surface area contributed by atoms with Crippen LogP contribution in [0.2, 0.25) is 5.31 Å². The Morgan fingerprint density at radius 1 is 1.21 bits per heavy atom. The van der Waals surface area contributed by atoms with Gasteiger partial charge in [0, 0.05) is 12.6 Å². The zero-order valence-electron chi connectivity index (χ0n) is 9.75. The van der Waals surface area contributed by atoms with Crippen molar-refractivity contribution in [1.82, 2.24) is 4.81 Å². The highest BCUT2D eigenvalue weighted by Crippen LogP contribution is 2.36. The molecule has 2 nitrogen and oxygen atoms in total. The molecule has 0 spiro atoms. The molecule has 0 amide bonds. The summed E-state index contributed by atoms with van der Waals surface area (Å²) in [5.74, 6) is 0. The third-order valence-electron chi connectivity index (χ3n) is 3.44. The van der Waals surface area contributed by atoms with Crippen LogP contribution in [0.25, 0.3) is 0 Å². The highest BCUT2D eigenvalue weighted by atomic mass is 16.4. The van der Waals surface area contributed by atoms with Gasteiger partial charge < -0.3 is 9.47 Å². The summed E-state index contributed by atoms with van der Waals surface area (Å²) in [4.78, 5) is 2.60. The first-order valence-electron chi connectivity index (χ1n) is 5.96. The summed E-state index contributed by atoms with van der Waals surface area (Å²) < 4.78 is 5.94. The molecule has 80 valence electrons. The van der Waals surface area contributed by atoms with Crippen LogP contribution in [0, 0.1) is 0 Å². The van der Waals surface area contributed by atoms with Crippen molar-refractivity contribution in [1.29, 1.82) is 0 Å². The molecule has 2 heterocycles. The first-order valence-corrected chi connectivity index (χ1v) is 5.96. The molecule has 2 rings (SSSR count). The van der Waals surface area contributed by atoms with Gasteiger partial charge in [0.15, 0.2) is 0 Å². The highest BCUT2D eigenvalue weighted by molar-refractivity contribution is 6.52. The number of hydrogen-bond acceptors (Lipinski definition) is 2. The molecule has 0 aromatic rings. The van der Waals surface area contributed by atoms with Crippen LogP contribution in [0.5, 0.6) is 0 Å². The van der Waals surface area contributed by atoms with E-state index in [0.717, 1.165) is 12.6 Å². The first-order chi connectivity index (χ1) is 6.59. The average Bonchev–Trinajstić information content (AvgIpc) is 2.15. The van der Waals surface area contributed by atoms with Crippen LogP contribution < -0.4 is 0 Å². The fraction of sp³-hybridized carbons (Fsp3) is 1.00. The minimum atomic E-state index is 0.260. The second-order valence-electron chi connectivity index (χ2n) is 5.77. The van der Waals surface area contributed by atoms with Crippen molar-refractivity contribution in [3.05, 3.63) is 0 Å². The second kappa shape index (κ2) is 3.86. The number of nitrogens with zero attached hydrogens (tertiary/aromatic N) is 1. The summed E-state index contributed by atoms with van der Waals surface area (Å²) >= 11 is 0. The Bertz CT molecular complexity index is 200. The Morgan fingerprint density at radius 2 is 2.00 bits per heavy atom. The van der Waals surface area contributed by atoms with Gasteiger partial charge in [-0.3, -0.25) is 0 Å². The Balaban J connectivity index is 2.09. The van der Waals surface area contributed by atoms with Crippen molar-refractivity contribution in [2.45, 2.75) is 57.8 Å². The molecule has 1 unspecified atom stereocenters. The lowest BCUT2D eigenvalue weighted by atomic mass is 9.53. The lowest BCUT2D eigenvalue weighted by Crippen LogP contribution is -2.58. The lowest BCUT2D eigenvalue weighted by molar-refractivity contribution is 0.109. The van der Waals surface area contributed by atoms with Gasteiger partial charge >= 0.3 is 7.05 Å². The van der Waals surface area contributed by atoms with Gasteiger partial charge in [0.2, 0.25) is 0 Å². The quantitative estimate of drug-likeness (QED) is 0.550. The smallest absolute Gasteiger partial charge is 0.388 e. The van der Waals surface area contributed by atoms with Crippen molar-refractivity contribution in [2.24, 2.45) is 0 Å². The Labute approximate surface area is 88.1 Å². The number of piperidine rings is 1. The molecule has 2 saturated heterocycles. The fourth-order valence-corrected chi connectivity index (χ4v) is 2.80. The van der Waals surface area contributed by atoms with Crippen molar-refractivity contribution in [3.63, 3.8) is 0 Å². The Kier molecular flexibility index (Phi) is 2.89. The molecule has 1 atom stereocenters. The molecule has 0 aliphatic carbocycles. The molecule has 0 radical (unpaired) electrons. The third-order valence-corrected chi connectivity index (χ3v) is 3.44. The lowest BCUT2D eigenvalue weighted by Gasteiger charge is -2.47. The van der Waals surface area contributed by atoms with E-state index in [0.29, 0.717) is 7.05 Å². The number of fused-ring (bicyclic) bond motifs is 1. The summed E-state index contributed by atoms with van der Waals surface area (Å²) in [6.45, 7) is 9.06.